The molecule has 1 aliphatic rings. The molecular formula is C14H20N2O3. The fraction of sp³-hybridized carbons (Fsp3) is 0.500. The van der Waals surface area contributed by atoms with Crippen LogP contribution in [-0.2, 0) is 27.3 Å². The van der Waals surface area contributed by atoms with E-state index in [-0.39, 0.29) is 18.4 Å². The highest BCUT2D eigenvalue weighted by molar-refractivity contribution is 5.78. The van der Waals surface area contributed by atoms with Gasteiger partial charge >= 0.3 is 0 Å². The van der Waals surface area contributed by atoms with Crippen molar-refractivity contribution in [2.45, 2.75) is 32.0 Å². The molecule has 5 nitrogen and oxygen atoms in total. The lowest BCUT2D eigenvalue weighted by Gasteiger charge is -2.12. The van der Waals surface area contributed by atoms with Gasteiger partial charge in [0.15, 0.2) is 0 Å². The number of carbonyl (C=O) groups excluding carboxylic acids is 1. The molecule has 1 aromatic rings. The van der Waals surface area contributed by atoms with Gasteiger partial charge in [0.1, 0.15) is 0 Å². The van der Waals surface area contributed by atoms with Crippen molar-refractivity contribution < 1.29 is 14.3 Å². The third-order valence-electron chi connectivity index (χ3n) is 3.22. The molecule has 0 aliphatic carbocycles. The topological polar surface area (TPSA) is 73.6 Å². The third kappa shape index (κ3) is 4.31. The number of hydrogen-bond acceptors (Lipinski definition) is 4. The summed E-state index contributed by atoms with van der Waals surface area (Å²) in [5.41, 5.74) is 4.10. The molecule has 3 N–H and O–H groups in total. The van der Waals surface area contributed by atoms with Crippen molar-refractivity contribution in [3.8, 4) is 0 Å². The molecule has 19 heavy (non-hydrogen) atoms. The van der Waals surface area contributed by atoms with Gasteiger partial charge < -0.3 is 9.47 Å². The Labute approximate surface area is 113 Å². The highest BCUT2D eigenvalue weighted by atomic mass is 16.5. The number of hydrazine groups is 1. The molecule has 1 saturated heterocycles. The number of nitrogens with one attached hydrogen (secondary N) is 1. The quantitative estimate of drug-likeness (QED) is 0.455. The Bertz CT molecular complexity index is 417. The molecule has 0 radical (unpaired) electrons. The van der Waals surface area contributed by atoms with Gasteiger partial charge in [-0.05, 0) is 24.0 Å². The van der Waals surface area contributed by atoms with Crippen LogP contribution in [0.5, 0.6) is 0 Å². The van der Waals surface area contributed by atoms with Gasteiger partial charge in [0.05, 0.1) is 25.7 Å². The summed E-state index contributed by atoms with van der Waals surface area (Å²) in [6.45, 7) is 1.94. The van der Waals surface area contributed by atoms with Gasteiger partial charge in [0.25, 0.3) is 0 Å². The van der Waals surface area contributed by atoms with Crippen LogP contribution in [0.4, 0.5) is 0 Å². The minimum absolute atomic E-state index is 0.202. The van der Waals surface area contributed by atoms with Gasteiger partial charge in [-0.25, -0.2) is 5.84 Å². The summed E-state index contributed by atoms with van der Waals surface area (Å²) in [6.07, 6.45) is 2.67. The molecule has 2 rings (SSSR count). The van der Waals surface area contributed by atoms with E-state index in [0.717, 1.165) is 30.6 Å². The van der Waals surface area contributed by atoms with Crippen LogP contribution < -0.4 is 11.3 Å². The molecule has 1 atom stereocenters. The number of nitrogens with two attached hydrogens (primary N) is 1. The number of carbonyl (C=O) groups is 1. The molecule has 0 aromatic heterocycles. The lowest BCUT2D eigenvalue weighted by Crippen LogP contribution is -2.31. The maximum absolute atomic E-state index is 11.3. The van der Waals surface area contributed by atoms with E-state index in [2.05, 4.69) is 5.43 Å². The van der Waals surface area contributed by atoms with Crippen molar-refractivity contribution >= 4 is 5.91 Å². The Balaban J connectivity index is 1.86. The average molecular weight is 264 g/mol. The predicted molar refractivity (Wildman–Crippen MR) is 71.1 cm³/mol. The van der Waals surface area contributed by atoms with Gasteiger partial charge in [-0.2, -0.15) is 0 Å². The number of rotatable bonds is 6. The monoisotopic (exact) mass is 264 g/mol. The largest absolute Gasteiger partial charge is 0.376 e. The van der Waals surface area contributed by atoms with Gasteiger partial charge in [-0.15, -0.1) is 0 Å². The summed E-state index contributed by atoms with van der Waals surface area (Å²) in [6, 6.07) is 7.73. The highest BCUT2D eigenvalue weighted by Gasteiger charge is 2.15. The van der Waals surface area contributed by atoms with Crippen LogP contribution in [0.15, 0.2) is 24.3 Å². The Kier molecular flexibility index (Phi) is 5.32. The zero-order chi connectivity index (χ0) is 13.5. The number of hydrogen-bond donors (Lipinski definition) is 2. The Morgan fingerprint density at radius 2 is 2.21 bits per heavy atom. The van der Waals surface area contributed by atoms with Crippen molar-refractivity contribution in [2.24, 2.45) is 5.84 Å². The molecule has 1 heterocycles. The standard InChI is InChI=1S/C14H20N2O3/c15-16-14(17)8-11-4-1-2-5-12(11)9-18-10-13-6-3-7-19-13/h1-2,4-5,13H,3,6-10,15H2,(H,16,17). The second-order valence-electron chi connectivity index (χ2n) is 4.66. The maximum Gasteiger partial charge on any atom is 0.238 e. The van der Waals surface area contributed by atoms with E-state index in [4.69, 9.17) is 15.3 Å². The molecule has 0 bridgehead atoms. The molecule has 0 saturated carbocycles. The van der Waals surface area contributed by atoms with Crippen LogP contribution in [0, 0.1) is 0 Å². The van der Waals surface area contributed by atoms with Crippen LogP contribution in [0.3, 0.4) is 0 Å². The van der Waals surface area contributed by atoms with E-state index in [1.807, 2.05) is 24.3 Å². The Hall–Kier alpha value is -1.43. The molecule has 5 heteroatoms. The minimum atomic E-state index is -0.202. The zero-order valence-corrected chi connectivity index (χ0v) is 10.9. The lowest BCUT2D eigenvalue weighted by molar-refractivity contribution is -0.120. The number of benzene rings is 1. The smallest absolute Gasteiger partial charge is 0.238 e. The number of ether oxygens (including phenoxy) is 2. The molecule has 1 amide bonds. The van der Waals surface area contributed by atoms with Crippen LogP contribution >= 0.6 is 0 Å². The van der Waals surface area contributed by atoms with Crippen molar-refractivity contribution in [3.05, 3.63) is 35.4 Å². The van der Waals surface area contributed by atoms with Crippen LogP contribution in [0.25, 0.3) is 0 Å². The highest BCUT2D eigenvalue weighted by Crippen LogP contribution is 2.15. The van der Waals surface area contributed by atoms with E-state index in [0.29, 0.717) is 13.2 Å². The summed E-state index contributed by atoms with van der Waals surface area (Å²) in [7, 11) is 0. The zero-order valence-electron chi connectivity index (χ0n) is 10.9. The average Bonchev–Trinajstić information content (AvgIpc) is 2.94. The second kappa shape index (κ2) is 7.23. The normalized spacial score (nSPS) is 18.5. The first-order chi connectivity index (χ1) is 9.29. The first-order valence-corrected chi connectivity index (χ1v) is 6.55. The lowest BCUT2D eigenvalue weighted by atomic mass is 10.1. The fourth-order valence-corrected chi connectivity index (χ4v) is 2.17. The summed E-state index contributed by atoms with van der Waals surface area (Å²) >= 11 is 0. The van der Waals surface area contributed by atoms with E-state index < -0.39 is 0 Å². The molecule has 1 aromatic carbocycles. The summed E-state index contributed by atoms with van der Waals surface area (Å²) in [4.78, 5) is 11.3. The van der Waals surface area contributed by atoms with Crippen LogP contribution in [0.2, 0.25) is 0 Å². The van der Waals surface area contributed by atoms with Crippen LogP contribution in [0.1, 0.15) is 24.0 Å². The summed E-state index contributed by atoms with van der Waals surface area (Å²) < 4.78 is 11.2. The van der Waals surface area contributed by atoms with Gasteiger partial charge in [-0.3, -0.25) is 10.2 Å². The Morgan fingerprint density at radius 1 is 1.42 bits per heavy atom. The third-order valence-corrected chi connectivity index (χ3v) is 3.22. The van der Waals surface area contributed by atoms with Crippen molar-refractivity contribution in [3.63, 3.8) is 0 Å². The first-order valence-electron chi connectivity index (χ1n) is 6.55. The van der Waals surface area contributed by atoms with Gasteiger partial charge in [0, 0.05) is 6.61 Å². The summed E-state index contributed by atoms with van der Waals surface area (Å²) in [5, 5.41) is 0. The number of amides is 1. The van der Waals surface area contributed by atoms with Gasteiger partial charge in [-0.1, -0.05) is 24.3 Å². The second-order valence-corrected chi connectivity index (χ2v) is 4.66. The maximum atomic E-state index is 11.3. The van der Waals surface area contributed by atoms with Crippen molar-refractivity contribution in [2.75, 3.05) is 13.2 Å². The van der Waals surface area contributed by atoms with E-state index in [9.17, 15) is 4.79 Å². The van der Waals surface area contributed by atoms with Crippen molar-refractivity contribution in [1.29, 1.82) is 0 Å². The molecule has 104 valence electrons. The van der Waals surface area contributed by atoms with Crippen LogP contribution in [-0.4, -0.2) is 25.2 Å². The van der Waals surface area contributed by atoms with Gasteiger partial charge in [0.2, 0.25) is 5.91 Å². The molecule has 0 spiro atoms. The van der Waals surface area contributed by atoms with E-state index in [1.165, 1.54) is 0 Å². The molecule has 1 aliphatic heterocycles. The molecule has 1 fully saturated rings. The fourth-order valence-electron chi connectivity index (χ4n) is 2.17. The first kappa shape index (κ1) is 14.0. The minimum Gasteiger partial charge on any atom is -0.376 e. The van der Waals surface area contributed by atoms with E-state index >= 15 is 0 Å². The Morgan fingerprint density at radius 3 is 2.89 bits per heavy atom. The SMILES string of the molecule is NNC(=O)Cc1ccccc1COCC1CCCO1. The van der Waals surface area contributed by atoms with E-state index in [1.54, 1.807) is 0 Å². The van der Waals surface area contributed by atoms with Crippen molar-refractivity contribution in [1.82, 2.24) is 5.43 Å². The summed E-state index contributed by atoms with van der Waals surface area (Å²) in [5.74, 6) is 4.90. The molecule has 1 unspecified atom stereocenters. The predicted octanol–water partition coefficient (Wildman–Crippen LogP) is 0.915. The molecular weight excluding hydrogens is 244 g/mol.